The van der Waals surface area contributed by atoms with E-state index in [1.165, 1.54) is 138 Å². The Morgan fingerprint density at radius 2 is 0.323 bits per heavy atom. The van der Waals surface area contributed by atoms with Crippen LogP contribution in [0, 0.1) is 0 Å². The summed E-state index contributed by atoms with van der Waals surface area (Å²) in [5, 5.41) is 63.6. The van der Waals surface area contributed by atoms with E-state index < -0.39 is 35.8 Å². The molecule has 20 heteroatoms. The van der Waals surface area contributed by atoms with Crippen LogP contribution in [0.3, 0.4) is 0 Å². The van der Waals surface area contributed by atoms with Crippen LogP contribution in [0.4, 0.5) is 0 Å². The molecule has 0 saturated heterocycles. The van der Waals surface area contributed by atoms with Crippen molar-refractivity contribution in [2.75, 3.05) is 0 Å². The van der Waals surface area contributed by atoms with E-state index in [9.17, 15) is 59.4 Å². The van der Waals surface area contributed by atoms with Crippen LogP contribution in [0.5, 0.6) is 0 Å². The molecule has 0 heterocycles. The fourth-order valence-electron chi connectivity index (χ4n) is 4.17. The van der Waals surface area contributed by atoms with Gasteiger partial charge in [0.15, 0.2) is 0 Å². The van der Waals surface area contributed by atoms with E-state index in [-0.39, 0.29) is 67.5 Å². The minimum absolute atomic E-state index is 0. The smallest absolute Gasteiger partial charge is 0.545 e. The quantitative estimate of drug-likeness (QED) is 0.105. The Morgan fingerprint density at radius 1 is 0.226 bits per heavy atom. The van der Waals surface area contributed by atoms with E-state index >= 15 is 0 Å². The summed E-state index contributed by atoms with van der Waals surface area (Å²) in [5.41, 5.74) is 0.820. The summed E-state index contributed by atoms with van der Waals surface area (Å²) in [6.07, 6.45) is 0. The molecule has 0 saturated carbocycles. The van der Waals surface area contributed by atoms with E-state index in [1.54, 1.807) is 72.8 Å². The van der Waals surface area contributed by atoms with Crippen molar-refractivity contribution >= 4 is 101 Å². The molecule has 0 amide bonds. The van der Waals surface area contributed by atoms with Crippen molar-refractivity contribution in [3.05, 3.63) is 179 Å². The molecule has 6 aromatic carbocycles. The second-order valence-electron chi connectivity index (χ2n) is 11.4. The summed E-state index contributed by atoms with van der Waals surface area (Å²) in [5.74, 6) is -7.21. The van der Waals surface area contributed by atoms with Crippen LogP contribution >= 0.6 is 64.8 Å². The topological polar surface area (TPSA) is 241 Å². The van der Waals surface area contributed by atoms with Gasteiger partial charge < -0.3 is 59.4 Å². The van der Waals surface area contributed by atoms with Crippen molar-refractivity contribution in [2.24, 2.45) is 0 Å². The van der Waals surface area contributed by atoms with Gasteiger partial charge in [-0.2, -0.15) is 0 Å². The van der Waals surface area contributed by atoms with Crippen LogP contribution in [-0.2, 0) is 34.1 Å². The maximum atomic E-state index is 10.6. The normalized spacial score (nSPS) is 9.87. The zero-order chi connectivity index (χ0) is 43.6. The monoisotopic (exact) mass is 1020 g/mol. The number of carboxylic acids is 6. The van der Waals surface area contributed by atoms with Gasteiger partial charge in [-0.05, 0) is 106 Å². The molecule has 0 unspecified atom stereocenters. The molecule has 0 N–H and O–H groups in total. The third-order valence-electron chi connectivity index (χ3n) is 7.24. The molecular weight excluding hydrogens is 1000 g/mol. The first-order valence-electron chi connectivity index (χ1n) is 16.6. The largest absolute Gasteiger partial charge is 3.00 e. The minimum atomic E-state index is -1.20. The number of hydrogen-bond donors (Lipinski definition) is 0. The summed E-state index contributed by atoms with van der Waals surface area (Å²) in [6, 6.07) is 38.1. The van der Waals surface area contributed by atoms with Crippen LogP contribution < -0.4 is 30.6 Å². The molecule has 2 radical (unpaired) electrons. The van der Waals surface area contributed by atoms with Gasteiger partial charge in [0.25, 0.3) is 0 Å². The van der Waals surface area contributed by atoms with E-state index in [0.29, 0.717) is 0 Å². The molecule has 0 aliphatic rings. The first-order valence-corrected chi connectivity index (χ1v) is 23.1. The summed E-state index contributed by atoms with van der Waals surface area (Å²) in [4.78, 5) is 69.0. The van der Waals surface area contributed by atoms with Crippen molar-refractivity contribution in [3.63, 3.8) is 0 Å². The number of carbonyl (C=O) groups excluding carboxylic acids is 6. The van der Waals surface area contributed by atoms with Crippen molar-refractivity contribution in [3.8, 4) is 0 Å². The summed E-state index contributed by atoms with van der Waals surface area (Å²) in [6.45, 7) is 0. The Kier molecular flexibility index (Phi) is 23.6. The number of rotatable bonds is 15. The van der Waals surface area contributed by atoms with Crippen molar-refractivity contribution in [1.82, 2.24) is 0 Å². The fourth-order valence-corrected chi connectivity index (χ4v) is 9.96. The van der Waals surface area contributed by atoms with Crippen LogP contribution in [0.15, 0.2) is 175 Å². The van der Waals surface area contributed by atoms with Gasteiger partial charge in [-0.3, -0.25) is 0 Å². The molecule has 0 aliphatic carbocycles. The van der Waals surface area contributed by atoms with Crippen molar-refractivity contribution in [2.45, 2.75) is 29.4 Å². The average molecular weight is 1020 g/mol. The summed E-state index contributed by atoms with van der Waals surface area (Å²) >= 11 is 0. The van der Waals surface area contributed by atoms with Gasteiger partial charge in [-0.1, -0.05) is 138 Å². The Labute approximate surface area is 399 Å². The molecule has 0 fully saturated rings. The Morgan fingerprint density at radius 3 is 0.403 bits per heavy atom. The molecule has 6 aromatic rings. The number of aromatic carboxylic acids is 6. The molecule has 0 atom stereocenters. The van der Waals surface area contributed by atoms with E-state index in [4.69, 9.17) is 0 Å². The number of hydrogen-bond acceptors (Lipinski definition) is 18. The van der Waals surface area contributed by atoms with Crippen LogP contribution in [-0.4, -0.2) is 35.8 Å². The Balaban J connectivity index is 0.000000315. The molecule has 62 heavy (non-hydrogen) atoms. The first-order chi connectivity index (χ1) is 28.7. The number of carbonyl (C=O) groups is 6. The average Bonchev–Trinajstić information content (AvgIpc) is 3.25. The van der Waals surface area contributed by atoms with Gasteiger partial charge in [0.1, 0.15) is 0 Å². The second-order valence-corrected chi connectivity index (χ2v) is 18.2. The van der Waals surface area contributed by atoms with Gasteiger partial charge >= 0.3 is 34.1 Å². The van der Waals surface area contributed by atoms with Crippen LogP contribution in [0.1, 0.15) is 62.1 Å². The van der Waals surface area contributed by atoms with Gasteiger partial charge in [-0.15, -0.1) is 0 Å². The maximum Gasteiger partial charge on any atom is 3.00 e. The summed E-state index contributed by atoms with van der Waals surface area (Å²) in [7, 11) is 8.69. The SMILES string of the molecule is O=C([O-])c1ccc(SSc2ccc(C(=O)[O-])cc2)cc1.O=C([O-])c1ccc(SSc2ccc(C(=O)[O-])cc2)cc1.O=C([O-])c1ccc(SSc2ccc(C(=O)[O-])cc2)cc1.[Fe+3].[Fe+3]. The zero-order valence-corrected chi connectivity index (χ0v) is 38.0. The number of benzene rings is 6. The molecule has 0 bridgehead atoms. The predicted molar refractivity (Wildman–Crippen MR) is 220 cm³/mol. The van der Waals surface area contributed by atoms with E-state index in [0.717, 1.165) is 29.4 Å². The number of carboxylic acid groups (broad SMARTS) is 6. The fraction of sp³-hybridized carbons (Fsp3) is 0. The van der Waals surface area contributed by atoms with Crippen LogP contribution in [0.2, 0.25) is 0 Å². The minimum Gasteiger partial charge on any atom is -0.545 e. The van der Waals surface area contributed by atoms with E-state index in [2.05, 4.69) is 0 Å². The first kappa shape index (κ1) is 53.4. The molecule has 12 nitrogen and oxygen atoms in total. The molecular formula is C42H24Fe2O12S6. The molecule has 0 aromatic heterocycles. The maximum absolute atomic E-state index is 10.6. The predicted octanol–water partition coefficient (Wildman–Crippen LogP) is 3.63. The molecule has 0 aliphatic heterocycles. The third kappa shape index (κ3) is 18.3. The van der Waals surface area contributed by atoms with Gasteiger partial charge in [0.2, 0.25) is 0 Å². The Bertz CT molecular complexity index is 1980. The summed E-state index contributed by atoms with van der Waals surface area (Å²) < 4.78 is 0. The van der Waals surface area contributed by atoms with Crippen molar-refractivity contribution in [1.29, 1.82) is 0 Å². The van der Waals surface area contributed by atoms with Crippen LogP contribution in [0.25, 0.3) is 0 Å². The van der Waals surface area contributed by atoms with Gasteiger partial charge in [-0.25, -0.2) is 0 Å². The van der Waals surface area contributed by atoms with E-state index in [1.807, 2.05) is 0 Å². The van der Waals surface area contributed by atoms with Crippen molar-refractivity contribution < 1.29 is 93.5 Å². The second kappa shape index (κ2) is 27.4. The zero-order valence-electron chi connectivity index (χ0n) is 30.9. The Hall–Kier alpha value is -4.72. The van der Waals surface area contributed by atoms with Gasteiger partial charge in [0.05, 0.1) is 35.8 Å². The molecule has 316 valence electrons. The molecule has 0 spiro atoms. The third-order valence-corrected chi connectivity index (χ3v) is 14.5. The molecule has 6 rings (SSSR count). The standard InChI is InChI=1S/3C14H10O4S2.2Fe/c3*15-13(16)9-1-5-11(6-2-9)19-20-12-7-3-10(4-8-12)14(17)18;;/h3*1-8H,(H,15,16)(H,17,18);;/q;;;2*+3/p-6. The van der Waals surface area contributed by atoms with Gasteiger partial charge in [0, 0.05) is 29.4 Å².